The van der Waals surface area contributed by atoms with Gasteiger partial charge >= 0.3 is 5.97 Å². The lowest BCUT2D eigenvalue weighted by Crippen LogP contribution is -2.36. The maximum Gasteiger partial charge on any atom is 0.336 e. The Labute approximate surface area is 217 Å². The lowest BCUT2D eigenvalue weighted by molar-refractivity contribution is -0.138. The topological polar surface area (TPSA) is 73.9 Å². The van der Waals surface area contributed by atoms with Crippen molar-refractivity contribution in [3.8, 4) is 11.5 Å². The number of carbonyl (C=O) groups is 2. The third-order valence-electron chi connectivity index (χ3n) is 6.74. The molecule has 1 aliphatic carbocycles. The minimum absolute atomic E-state index is 0.0276. The summed E-state index contributed by atoms with van der Waals surface area (Å²) < 4.78 is 16.8. The predicted molar refractivity (Wildman–Crippen MR) is 143 cm³/mol. The molecule has 36 heavy (non-hydrogen) atoms. The molecule has 2 aromatic rings. The van der Waals surface area contributed by atoms with Crippen LogP contribution in [-0.4, -0.2) is 44.1 Å². The molecule has 4 rings (SSSR count). The van der Waals surface area contributed by atoms with Gasteiger partial charge in [0.05, 0.1) is 25.7 Å². The monoisotopic (exact) mass is 507 g/mol. The number of ketones is 1. The first-order chi connectivity index (χ1) is 17.5. The van der Waals surface area contributed by atoms with Crippen molar-refractivity contribution in [1.82, 2.24) is 5.32 Å². The van der Waals surface area contributed by atoms with Crippen molar-refractivity contribution in [2.24, 2.45) is 0 Å². The molecule has 0 spiro atoms. The number of esters is 1. The molecule has 2 aliphatic rings. The molecule has 1 heterocycles. The minimum atomic E-state index is -0.586. The molecule has 0 unspecified atom stereocenters. The Bertz CT molecular complexity index is 1190. The number of carbonyl (C=O) groups excluding carboxylic acids is 2. The number of methoxy groups -OCH3 is 2. The normalized spacial score (nSPS) is 19.5. The minimum Gasteiger partial charge on any atom is -0.497 e. The molecule has 0 fully saturated rings. The Hall–Kier alpha value is -3.19. The molecule has 0 saturated carbocycles. The molecule has 6 nitrogen and oxygen atoms in total. The summed E-state index contributed by atoms with van der Waals surface area (Å²) in [7, 11) is 3.18. The second-order valence-corrected chi connectivity index (χ2v) is 10.3. The van der Waals surface area contributed by atoms with Gasteiger partial charge in [0.1, 0.15) is 18.1 Å². The van der Waals surface area contributed by atoms with Crippen LogP contribution in [0.2, 0.25) is 0 Å². The number of hydrogen-bond donors (Lipinski definition) is 1. The van der Waals surface area contributed by atoms with Crippen molar-refractivity contribution in [3.63, 3.8) is 0 Å². The van der Waals surface area contributed by atoms with E-state index in [1.807, 2.05) is 37.3 Å². The molecule has 2 aromatic carbocycles. The molecule has 190 valence electrons. The highest BCUT2D eigenvalue weighted by Gasteiger charge is 2.42. The first-order valence-electron chi connectivity index (χ1n) is 12.2. The van der Waals surface area contributed by atoms with E-state index < -0.39 is 11.9 Å². The molecule has 2 atom stereocenters. The Morgan fingerprint density at radius 1 is 1.08 bits per heavy atom. The maximum atomic E-state index is 13.8. The van der Waals surface area contributed by atoms with Crippen molar-refractivity contribution in [2.75, 3.05) is 32.3 Å². The summed E-state index contributed by atoms with van der Waals surface area (Å²) in [5, 5.41) is 3.41. The van der Waals surface area contributed by atoms with Gasteiger partial charge in [0, 0.05) is 40.8 Å². The van der Waals surface area contributed by atoms with Gasteiger partial charge in [-0.25, -0.2) is 4.79 Å². The Balaban J connectivity index is 1.78. The molecule has 1 N–H and O–H groups in total. The van der Waals surface area contributed by atoms with Gasteiger partial charge in [-0.05, 0) is 36.6 Å². The standard InChI is InChI=1S/C29H33NO5S/c1-5-36-14-13-35-29(32)26-18(2)30-23-15-20(19-9-7-6-8-10-19)16-24(31)28(23)27(26)22-12-11-21(33-3)17-25(22)34-4/h6-12,17,20,27,30H,5,13-16H2,1-4H3/t20-,27-/m1/s1. The quantitative estimate of drug-likeness (QED) is 0.362. The molecular weight excluding hydrogens is 474 g/mol. The van der Waals surface area contributed by atoms with Crippen molar-refractivity contribution in [3.05, 3.63) is 82.2 Å². The third-order valence-corrected chi connectivity index (χ3v) is 7.60. The van der Waals surface area contributed by atoms with Crippen LogP contribution < -0.4 is 14.8 Å². The first-order valence-corrected chi connectivity index (χ1v) is 13.4. The highest BCUT2D eigenvalue weighted by Crippen LogP contribution is 2.48. The summed E-state index contributed by atoms with van der Waals surface area (Å²) in [5.74, 6) is 1.99. The van der Waals surface area contributed by atoms with E-state index in [1.54, 1.807) is 32.0 Å². The average molecular weight is 508 g/mol. The van der Waals surface area contributed by atoms with Crippen LogP contribution in [-0.2, 0) is 14.3 Å². The van der Waals surface area contributed by atoms with Crippen LogP contribution in [0.15, 0.2) is 71.1 Å². The van der Waals surface area contributed by atoms with Crippen LogP contribution in [0.3, 0.4) is 0 Å². The first kappa shape index (κ1) is 25.9. The van der Waals surface area contributed by atoms with E-state index in [-0.39, 0.29) is 11.7 Å². The maximum absolute atomic E-state index is 13.8. The smallest absolute Gasteiger partial charge is 0.336 e. The summed E-state index contributed by atoms with van der Waals surface area (Å²) in [5.41, 5.74) is 4.51. The number of dihydropyridines is 1. The van der Waals surface area contributed by atoms with Crippen LogP contribution in [0.1, 0.15) is 49.7 Å². The van der Waals surface area contributed by atoms with Crippen LogP contribution in [0.4, 0.5) is 0 Å². The number of thioether (sulfide) groups is 1. The Morgan fingerprint density at radius 2 is 1.86 bits per heavy atom. The van der Waals surface area contributed by atoms with Gasteiger partial charge in [-0.2, -0.15) is 11.8 Å². The van der Waals surface area contributed by atoms with E-state index in [4.69, 9.17) is 14.2 Å². The van der Waals surface area contributed by atoms with Crippen LogP contribution in [0, 0.1) is 0 Å². The van der Waals surface area contributed by atoms with Crippen molar-refractivity contribution in [2.45, 2.75) is 38.5 Å². The predicted octanol–water partition coefficient (Wildman–Crippen LogP) is 5.36. The molecule has 0 aromatic heterocycles. The number of benzene rings is 2. The summed E-state index contributed by atoms with van der Waals surface area (Å²) >= 11 is 1.72. The zero-order chi connectivity index (χ0) is 25.7. The summed E-state index contributed by atoms with van der Waals surface area (Å²) in [6, 6.07) is 15.6. The van der Waals surface area contributed by atoms with Crippen molar-refractivity contribution in [1.29, 1.82) is 0 Å². The number of nitrogens with one attached hydrogen (secondary N) is 1. The van der Waals surface area contributed by atoms with Crippen molar-refractivity contribution < 1.29 is 23.8 Å². The fourth-order valence-electron chi connectivity index (χ4n) is 5.05. The lowest BCUT2D eigenvalue weighted by atomic mass is 9.71. The van der Waals surface area contributed by atoms with Gasteiger partial charge < -0.3 is 19.5 Å². The van der Waals surface area contributed by atoms with Gasteiger partial charge in [0.25, 0.3) is 0 Å². The summed E-state index contributed by atoms with van der Waals surface area (Å²) in [6.07, 6.45) is 1.07. The van der Waals surface area contributed by atoms with Gasteiger partial charge in [0.2, 0.25) is 0 Å². The second-order valence-electron chi connectivity index (χ2n) is 8.87. The fourth-order valence-corrected chi connectivity index (χ4v) is 5.54. The van der Waals surface area contributed by atoms with Crippen LogP contribution >= 0.6 is 11.8 Å². The van der Waals surface area contributed by atoms with E-state index in [9.17, 15) is 9.59 Å². The van der Waals surface area contributed by atoms with Gasteiger partial charge in [-0.1, -0.05) is 43.3 Å². The van der Waals surface area contributed by atoms with Gasteiger partial charge in [-0.15, -0.1) is 0 Å². The summed E-state index contributed by atoms with van der Waals surface area (Å²) in [4.78, 5) is 27.2. The number of allylic oxidation sites excluding steroid dienone is 3. The number of Topliss-reactive ketones (excluding diaryl/α,β-unsaturated/α-hetero) is 1. The Kier molecular flexibility index (Phi) is 8.41. The van der Waals surface area contributed by atoms with E-state index in [2.05, 4.69) is 24.4 Å². The molecular formula is C29H33NO5S. The SMILES string of the molecule is CCSCCOC(=O)C1=C(C)NC2=C(C(=O)C[C@H](c3ccccc3)C2)[C@@H]1c1ccc(OC)cc1OC. The van der Waals surface area contributed by atoms with Crippen LogP contribution in [0.5, 0.6) is 11.5 Å². The molecule has 0 saturated heterocycles. The lowest BCUT2D eigenvalue weighted by Gasteiger charge is -2.37. The van der Waals surface area contributed by atoms with Gasteiger partial charge in [-0.3, -0.25) is 4.79 Å². The van der Waals surface area contributed by atoms with E-state index in [0.29, 0.717) is 47.8 Å². The Morgan fingerprint density at radius 3 is 2.56 bits per heavy atom. The highest BCUT2D eigenvalue weighted by atomic mass is 32.2. The second kappa shape index (κ2) is 11.7. The fraction of sp³-hybridized carbons (Fsp3) is 0.379. The van der Waals surface area contributed by atoms with Crippen LogP contribution in [0.25, 0.3) is 0 Å². The third kappa shape index (κ3) is 5.31. The summed E-state index contributed by atoms with van der Waals surface area (Å²) in [6.45, 7) is 4.26. The highest BCUT2D eigenvalue weighted by molar-refractivity contribution is 7.99. The number of hydrogen-bond acceptors (Lipinski definition) is 7. The largest absolute Gasteiger partial charge is 0.497 e. The molecule has 1 aliphatic heterocycles. The zero-order valence-corrected chi connectivity index (χ0v) is 22.1. The molecule has 0 radical (unpaired) electrons. The van der Waals surface area contributed by atoms with Crippen molar-refractivity contribution >= 4 is 23.5 Å². The molecule has 0 amide bonds. The molecule has 7 heteroatoms. The van der Waals surface area contributed by atoms with E-state index >= 15 is 0 Å². The number of ether oxygens (including phenoxy) is 3. The van der Waals surface area contributed by atoms with E-state index in [1.165, 1.54) is 0 Å². The molecule has 0 bridgehead atoms. The average Bonchev–Trinajstić information content (AvgIpc) is 2.90. The zero-order valence-electron chi connectivity index (χ0n) is 21.3. The van der Waals surface area contributed by atoms with E-state index in [0.717, 1.165) is 28.3 Å². The van der Waals surface area contributed by atoms with Gasteiger partial charge in [0.15, 0.2) is 5.78 Å². The number of rotatable bonds is 9.